The number of aliphatic hydroxyl groups excluding tert-OH is 1. The van der Waals surface area contributed by atoms with Crippen molar-refractivity contribution in [3.8, 4) is 0 Å². The van der Waals surface area contributed by atoms with Crippen molar-refractivity contribution in [3.05, 3.63) is 29.3 Å². The molecular weight excluding hydrogens is 266 g/mol. The maximum atomic E-state index is 12.9. The number of benzene rings is 1. The minimum atomic E-state index is -0.438. The Morgan fingerprint density at radius 2 is 2.10 bits per heavy atom. The molecule has 4 fully saturated rings. The molecule has 2 saturated heterocycles. The third-order valence-electron chi connectivity index (χ3n) is 6.13. The van der Waals surface area contributed by atoms with Gasteiger partial charge in [-0.15, -0.1) is 0 Å². The molecule has 2 saturated carbocycles. The standard InChI is InChI=1S/C17H19NO3/c1-7-3-4-11(8(2)5-7)18-16(20)12-9-6-10-13(12)17(18)21-15(10)14(9)19/h3-5,9-10,12-15,17,19H,6H2,1-2H3. The minimum Gasteiger partial charge on any atom is -0.390 e. The summed E-state index contributed by atoms with van der Waals surface area (Å²) in [5.41, 5.74) is 3.29. The molecule has 7 atom stereocenters. The summed E-state index contributed by atoms with van der Waals surface area (Å²) in [6.45, 7) is 4.11. The van der Waals surface area contributed by atoms with E-state index in [9.17, 15) is 9.90 Å². The van der Waals surface area contributed by atoms with Crippen molar-refractivity contribution >= 4 is 11.6 Å². The average molecular weight is 285 g/mol. The Kier molecular flexibility index (Phi) is 2.13. The van der Waals surface area contributed by atoms with Crippen LogP contribution in [0.2, 0.25) is 0 Å². The van der Waals surface area contributed by atoms with Crippen molar-refractivity contribution in [2.45, 2.75) is 38.7 Å². The lowest BCUT2D eigenvalue weighted by atomic mass is 9.80. The average Bonchev–Trinajstić information content (AvgIpc) is 3.09. The monoisotopic (exact) mass is 285 g/mol. The van der Waals surface area contributed by atoms with Crippen LogP contribution in [-0.4, -0.2) is 29.4 Å². The highest BCUT2D eigenvalue weighted by molar-refractivity contribution is 5.99. The smallest absolute Gasteiger partial charge is 0.233 e. The number of aliphatic hydroxyl groups is 1. The summed E-state index contributed by atoms with van der Waals surface area (Å²) in [6, 6.07) is 6.19. The second-order valence-electron chi connectivity index (χ2n) is 7.15. The molecule has 0 radical (unpaired) electrons. The van der Waals surface area contributed by atoms with Gasteiger partial charge in [-0.2, -0.15) is 0 Å². The van der Waals surface area contributed by atoms with Crippen molar-refractivity contribution in [2.75, 3.05) is 4.90 Å². The summed E-state index contributed by atoms with van der Waals surface area (Å²) in [5.74, 6) is 0.894. The van der Waals surface area contributed by atoms with Gasteiger partial charge in [0.15, 0.2) is 0 Å². The van der Waals surface area contributed by atoms with E-state index in [0.717, 1.165) is 17.7 Å². The zero-order chi connectivity index (χ0) is 14.5. The second kappa shape index (κ2) is 3.68. The van der Waals surface area contributed by atoms with E-state index in [2.05, 4.69) is 13.0 Å². The van der Waals surface area contributed by atoms with Crippen LogP contribution in [0.25, 0.3) is 0 Å². The van der Waals surface area contributed by atoms with Gasteiger partial charge in [0, 0.05) is 11.6 Å². The summed E-state index contributed by atoms with van der Waals surface area (Å²) >= 11 is 0. The van der Waals surface area contributed by atoms with E-state index < -0.39 is 6.10 Å². The number of rotatable bonds is 1. The Morgan fingerprint density at radius 3 is 2.86 bits per heavy atom. The van der Waals surface area contributed by atoms with E-state index in [1.807, 2.05) is 24.0 Å². The summed E-state index contributed by atoms with van der Waals surface area (Å²) in [6.07, 6.45) is 0.305. The highest BCUT2D eigenvalue weighted by atomic mass is 16.5. The molecule has 7 unspecified atom stereocenters. The molecule has 1 N–H and O–H groups in total. The first-order chi connectivity index (χ1) is 10.1. The fourth-order valence-corrected chi connectivity index (χ4v) is 5.39. The van der Waals surface area contributed by atoms with E-state index in [0.29, 0.717) is 5.92 Å². The van der Waals surface area contributed by atoms with Gasteiger partial charge in [0.1, 0.15) is 6.23 Å². The van der Waals surface area contributed by atoms with E-state index in [-0.39, 0.29) is 36.0 Å². The van der Waals surface area contributed by atoms with Gasteiger partial charge in [-0.25, -0.2) is 0 Å². The summed E-state index contributed by atoms with van der Waals surface area (Å²) in [4.78, 5) is 14.8. The third-order valence-corrected chi connectivity index (χ3v) is 6.13. The Hall–Kier alpha value is -1.39. The lowest BCUT2D eigenvalue weighted by Gasteiger charge is -2.31. The number of aryl methyl sites for hydroxylation is 2. The van der Waals surface area contributed by atoms with E-state index in [4.69, 9.17) is 4.74 Å². The highest BCUT2D eigenvalue weighted by Gasteiger charge is 2.72. The Balaban J connectivity index is 1.61. The molecule has 2 bridgehead atoms. The van der Waals surface area contributed by atoms with Crippen LogP contribution in [0, 0.1) is 37.5 Å². The second-order valence-corrected chi connectivity index (χ2v) is 7.15. The number of amides is 1. The van der Waals surface area contributed by atoms with E-state index in [1.165, 1.54) is 5.56 Å². The fourth-order valence-electron chi connectivity index (χ4n) is 5.39. The number of carbonyl (C=O) groups excluding carboxylic acids is 1. The molecule has 2 heterocycles. The molecule has 2 aliphatic carbocycles. The predicted molar refractivity (Wildman–Crippen MR) is 76.6 cm³/mol. The topological polar surface area (TPSA) is 49.8 Å². The molecular formula is C17H19NO3. The highest BCUT2D eigenvalue weighted by Crippen LogP contribution is 2.64. The normalized spacial score (nSPS) is 46.0. The van der Waals surface area contributed by atoms with Gasteiger partial charge < -0.3 is 9.84 Å². The van der Waals surface area contributed by atoms with Gasteiger partial charge in [-0.1, -0.05) is 17.7 Å². The number of nitrogens with zero attached hydrogens (tertiary/aromatic N) is 1. The lowest BCUT2D eigenvalue weighted by molar-refractivity contribution is -0.128. The van der Waals surface area contributed by atoms with Gasteiger partial charge in [0.2, 0.25) is 5.91 Å². The Labute approximate surface area is 123 Å². The molecule has 4 nitrogen and oxygen atoms in total. The largest absolute Gasteiger partial charge is 0.390 e. The molecule has 110 valence electrons. The molecule has 0 aromatic heterocycles. The maximum Gasteiger partial charge on any atom is 0.233 e. The van der Waals surface area contributed by atoms with Crippen molar-refractivity contribution < 1.29 is 14.6 Å². The van der Waals surface area contributed by atoms with Crippen molar-refractivity contribution in [2.24, 2.45) is 23.7 Å². The summed E-state index contributed by atoms with van der Waals surface area (Å²) in [7, 11) is 0. The van der Waals surface area contributed by atoms with Crippen LogP contribution in [0.3, 0.4) is 0 Å². The zero-order valence-corrected chi connectivity index (χ0v) is 12.2. The van der Waals surface area contributed by atoms with Gasteiger partial charge in [-0.3, -0.25) is 9.69 Å². The number of anilines is 1. The fraction of sp³-hybridized carbons (Fsp3) is 0.588. The predicted octanol–water partition coefficient (Wildman–Crippen LogP) is 1.62. The molecule has 4 aliphatic rings. The number of fused-ring (bicyclic) bond motifs is 2. The van der Waals surface area contributed by atoms with Gasteiger partial charge >= 0.3 is 0 Å². The van der Waals surface area contributed by atoms with Crippen LogP contribution in [0.5, 0.6) is 0 Å². The van der Waals surface area contributed by atoms with Crippen LogP contribution < -0.4 is 4.90 Å². The maximum absolute atomic E-state index is 12.9. The van der Waals surface area contributed by atoms with Crippen LogP contribution >= 0.6 is 0 Å². The van der Waals surface area contributed by atoms with Crippen molar-refractivity contribution in [1.82, 2.24) is 0 Å². The number of carbonyl (C=O) groups is 1. The quantitative estimate of drug-likeness (QED) is 0.853. The summed E-state index contributed by atoms with van der Waals surface area (Å²) in [5, 5.41) is 10.3. The molecule has 2 aliphatic heterocycles. The number of hydrogen-bond donors (Lipinski definition) is 1. The van der Waals surface area contributed by atoms with Gasteiger partial charge in [0.05, 0.1) is 18.1 Å². The Morgan fingerprint density at radius 1 is 1.29 bits per heavy atom. The molecule has 0 spiro atoms. The molecule has 1 aromatic rings. The third kappa shape index (κ3) is 1.27. The van der Waals surface area contributed by atoms with Crippen LogP contribution in [0.15, 0.2) is 18.2 Å². The first-order valence-corrected chi connectivity index (χ1v) is 7.82. The molecule has 4 heteroatoms. The van der Waals surface area contributed by atoms with E-state index >= 15 is 0 Å². The van der Waals surface area contributed by atoms with Crippen LogP contribution in [-0.2, 0) is 9.53 Å². The molecule has 21 heavy (non-hydrogen) atoms. The first kappa shape index (κ1) is 12.2. The van der Waals surface area contributed by atoms with Crippen LogP contribution in [0.4, 0.5) is 5.69 Å². The molecule has 1 amide bonds. The van der Waals surface area contributed by atoms with E-state index in [1.54, 1.807) is 0 Å². The zero-order valence-electron chi connectivity index (χ0n) is 12.2. The van der Waals surface area contributed by atoms with Crippen LogP contribution in [0.1, 0.15) is 17.5 Å². The first-order valence-electron chi connectivity index (χ1n) is 7.82. The van der Waals surface area contributed by atoms with Crippen molar-refractivity contribution in [3.63, 3.8) is 0 Å². The molecule has 5 rings (SSSR count). The number of ether oxygens (including phenoxy) is 1. The molecule has 1 aromatic carbocycles. The number of hydrogen-bond acceptors (Lipinski definition) is 3. The SMILES string of the molecule is Cc1ccc(N2C(=O)C3C4CC5C(OC2C53)C4O)c(C)c1. The summed E-state index contributed by atoms with van der Waals surface area (Å²) < 4.78 is 6.12. The minimum absolute atomic E-state index is 0.0329. The lowest BCUT2D eigenvalue weighted by Crippen LogP contribution is -2.44. The van der Waals surface area contributed by atoms with Crippen molar-refractivity contribution in [1.29, 1.82) is 0 Å². The van der Waals surface area contributed by atoms with Gasteiger partial charge in [0.25, 0.3) is 0 Å². The Bertz CT molecular complexity index is 657. The van der Waals surface area contributed by atoms with Gasteiger partial charge in [-0.05, 0) is 43.7 Å².